The zero-order valence-electron chi connectivity index (χ0n) is 21.3. The van der Waals surface area contributed by atoms with Gasteiger partial charge in [-0.2, -0.15) is 0 Å². The zero-order chi connectivity index (χ0) is 24.3. The van der Waals surface area contributed by atoms with Crippen LogP contribution in [0.2, 0.25) is 0 Å². The molecule has 2 nitrogen and oxygen atoms in total. The van der Waals surface area contributed by atoms with Crippen molar-refractivity contribution in [2.24, 2.45) is 11.8 Å². The zero-order valence-corrected chi connectivity index (χ0v) is 21.3. The average molecular weight is 463 g/mol. The van der Waals surface area contributed by atoms with Crippen molar-refractivity contribution in [2.45, 2.75) is 96.8 Å². The maximum Gasteiger partial charge on any atom is 0.303 e. The Hall–Kier alpha value is -2.35. The van der Waals surface area contributed by atoms with E-state index in [2.05, 4.69) is 73.7 Å². The Morgan fingerprint density at radius 2 is 1.32 bits per heavy atom. The Morgan fingerprint density at radius 3 is 1.91 bits per heavy atom. The largest absolute Gasteiger partial charge is 0.481 e. The van der Waals surface area contributed by atoms with E-state index in [-0.39, 0.29) is 5.92 Å². The molecule has 0 aliphatic carbocycles. The molecule has 2 rings (SSSR count). The third-order valence-corrected chi connectivity index (χ3v) is 6.92. The summed E-state index contributed by atoms with van der Waals surface area (Å²) >= 11 is 0. The minimum Gasteiger partial charge on any atom is -0.481 e. The number of carboxylic acids is 1. The van der Waals surface area contributed by atoms with Crippen molar-refractivity contribution in [3.8, 4) is 0 Å². The van der Waals surface area contributed by atoms with Gasteiger partial charge in [-0.1, -0.05) is 112 Å². The van der Waals surface area contributed by atoms with Gasteiger partial charge >= 0.3 is 5.97 Å². The molecule has 2 heteroatoms. The summed E-state index contributed by atoms with van der Waals surface area (Å²) in [6, 6.07) is 21.3. The highest BCUT2D eigenvalue weighted by Gasteiger charge is 2.15. The molecule has 0 unspecified atom stereocenters. The summed E-state index contributed by atoms with van der Waals surface area (Å²) in [4.78, 5) is 11.4. The number of hydrogen-bond acceptors (Lipinski definition) is 1. The monoisotopic (exact) mass is 462 g/mol. The molecule has 0 amide bonds. The number of aliphatic carboxylic acids is 1. The molecule has 186 valence electrons. The molecular formula is C32H46O2. The fraction of sp³-hybridized carbons (Fsp3) is 0.531. The van der Waals surface area contributed by atoms with Gasteiger partial charge in [0, 0.05) is 6.42 Å². The SMILES string of the molecule is CCCCCCC=CC[C@H](CCC[C@H](CCc1ccccc1)CC(=O)O)CCc1ccccc1. The lowest BCUT2D eigenvalue weighted by Crippen LogP contribution is -2.10. The van der Waals surface area contributed by atoms with Gasteiger partial charge in [-0.25, -0.2) is 0 Å². The fourth-order valence-corrected chi connectivity index (χ4v) is 4.80. The van der Waals surface area contributed by atoms with E-state index >= 15 is 0 Å². The third kappa shape index (κ3) is 13.4. The molecular weight excluding hydrogens is 416 g/mol. The van der Waals surface area contributed by atoms with Gasteiger partial charge in [0.15, 0.2) is 0 Å². The molecule has 2 aromatic rings. The Labute approximate surface area is 208 Å². The van der Waals surface area contributed by atoms with Crippen molar-refractivity contribution < 1.29 is 9.90 Å². The summed E-state index contributed by atoms with van der Waals surface area (Å²) < 4.78 is 0. The Balaban J connectivity index is 1.82. The van der Waals surface area contributed by atoms with Crippen LogP contribution in [-0.4, -0.2) is 11.1 Å². The average Bonchev–Trinajstić information content (AvgIpc) is 2.85. The van der Waals surface area contributed by atoms with Gasteiger partial charge in [0.25, 0.3) is 0 Å². The van der Waals surface area contributed by atoms with E-state index in [1.807, 2.05) is 6.07 Å². The number of benzene rings is 2. The predicted molar refractivity (Wildman–Crippen MR) is 145 cm³/mol. The highest BCUT2D eigenvalue weighted by molar-refractivity contribution is 5.67. The van der Waals surface area contributed by atoms with Crippen LogP contribution >= 0.6 is 0 Å². The first kappa shape index (κ1) is 27.9. The molecule has 0 radical (unpaired) electrons. The Kier molecular flexibility index (Phi) is 14.8. The molecule has 0 fully saturated rings. The van der Waals surface area contributed by atoms with Crippen molar-refractivity contribution in [2.75, 3.05) is 0 Å². The van der Waals surface area contributed by atoms with Crippen LogP contribution in [-0.2, 0) is 17.6 Å². The second-order valence-electron chi connectivity index (χ2n) is 9.87. The summed E-state index contributed by atoms with van der Waals surface area (Å²) in [7, 11) is 0. The first-order valence-electron chi connectivity index (χ1n) is 13.6. The summed E-state index contributed by atoms with van der Waals surface area (Å²) in [5, 5.41) is 9.41. The highest BCUT2D eigenvalue weighted by atomic mass is 16.4. The van der Waals surface area contributed by atoms with E-state index in [0.29, 0.717) is 12.3 Å². The predicted octanol–water partition coefficient (Wildman–Crippen LogP) is 9.05. The van der Waals surface area contributed by atoms with E-state index in [1.165, 1.54) is 56.1 Å². The molecule has 34 heavy (non-hydrogen) atoms. The Bertz CT molecular complexity index is 781. The van der Waals surface area contributed by atoms with Gasteiger partial charge in [-0.15, -0.1) is 0 Å². The number of carboxylic acid groups (broad SMARTS) is 1. The van der Waals surface area contributed by atoms with E-state index in [4.69, 9.17) is 0 Å². The van der Waals surface area contributed by atoms with E-state index in [0.717, 1.165) is 38.5 Å². The lowest BCUT2D eigenvalue weighted by molar-refractivity contribution is -0.138. The van der Waals surface area contributed by atoms with Crippen molar-refractivity contribution in [3.63, 3.8) is 0 Å². The van der Waals surface area contributed by atoms with E-state index in [9.17, 15) is 9.90 Å². The van der Waals surface area contributed by atoms with Crippen LogP contribution in [0, 0.1) is 11.8 Å². The van der Waals surface area contributed by atoms with Crippen molar-refractivity contribution >= 4 is 5.97 Å². The third-order valence-electron chi connectivity index (χ3n) is 6.92. The van der Waals surface area contributed by atoms with Gasteiger partial charge in [-0.05, 0) is 74.3 Å². The van der Waals surface area contributed by atoms with Crippen LogP contribution in [0.15, 0.2) is 72.8 Å². The van der Waals surface area contributed by atoms with E-state index in [1.54, 1.807) is 0 Å². The second-order valence-corrected chi connectivity index (χ2v) is 9.87. The topological polar surface area (TPSA) is 37.3 Å². The second kappa shape index (κ2) is 18.0. The van der Waals surface area contributed by atoms with Crippen LogP contribution < -0.4 is 0 Å². The van der Waals surface area contributed by atoms with Crippen molar-refractivity contribution in [3.05, 3.63) is 83.9 Å². The lowest BCUT2D eigenvalue weighted by Gasteiger charge is -2.19. The molecule has 0 saturated heterocycles. The van der Waals surface area contributed by atoms with E-state index < -0.39 is 5.97 Å². The minimum atomic E-state index is -0.662. The van der Waals surface area contributed by atoms with Crippen LogP contribution in [0.3, 0.4) is 0 Å². The Morgan fingerprint density at radius 1 is 0.735 bits per heavy atom. The number of hydrogen-bond donors (Lipinski definition) is 1. The molecule has 0 spiro atoms. The van der Waals surface area contributed by atoms with Crippen LogP contribution in [0.1, 0.15) is 95.1 Å². The van der Waals surface area contributed by atoms with Gasteiger partial charge in [-0.3, -0.25) is 4.79 Å². The number of aryl methyl sites for hydroxylation is 2. The molecule has 2 atom stereocenters. The number of unbranched alkanes of at least 4 members (excludes halogenated alkanes) is 4. The lowest BCUT2D eigenvalue weighted by atomic mass is 9.87. The standard InChI is InChI=1S/C32H46O2/c1-2-3-4-5-6-7-10-16-30(24-23-28-17-11-8-12-18-28)21-15-22-31(27-32(33)34)26-25-29-19-13-9-14-20-29/h7-14,17-20,30-31H,2-6,15-16,21-27H2,1H3,(H,33,34)/t30-,31-/m1/s1. The van der Waals surface area contributed by atoms with Crippen LogP contribution in [0.5, 0.6) is 0 Å². The first-order valence-corrected chi connectivity index (χ1v) is 13.6. The maximum atomic E-state index is 11.4. The van der Waals surface area contributed by atoms with Gasteiger partial charge in [0.1, 0.15) is 0 Å². The quantitative estimate of drug-likeness (QED) is 0.167. The molecule has 1 N–H and O–H groups in total. The smallest absolute Gasteiger partial charge is 0.303 e. The van der Waals surface area contributed by atoms with Gasteiger partial charge in [0.05, 0.1) is 0 Å². The maximum absolute atomic E-state index is 11.4. The van der Waals surface area contributed by atoms with Crippen molar-refractivity contribution in [1.29, 1.82) is 0 Å². The first-order chi connectivity index (χ1) is 16.7. The summed E-state index contributed by atoms with van der Waals surface area (Å²) in [5.41, 5.74) is 2.73. The molecule has 0 aromatic heterocycles. The fourth-order valence-electron chi connectivity index (χ4n) is 4.80. The normalized spacial score (nSPS) is 13.2. The molecule has 0 aliphatic rings. The summed E-state index contributed by atoms with van der Waals surface area (Å²) in [5.74, 6) is 0.276. The summed E-state index contributed by atoms with van der Waals surface area (Å²) in [6.07, 6.45) is 20.3. The molecule has 0 aliphatic heterocycles. The summed E-state index contributed by atoms with van der Waals surface area (Å²) in [6.45, 7) is 2.26. The van der Waals surface area contributed by atoms with Crippen LogP contribution in [0.25, 0.3) is 0 Å². The van der Waals surface area contributed by atoms with Gasteiger partial charge in [0.2, 0.25) is 0 Å². The van der Waals surface area contributed by atoms with Gasteiger partial charge < -0.3 is 5.11 Å². The number of rotatable bonds is 19. The van der Waals surface area contributed by atoms with Crippen molar-refractivity contribution in [1.82, 2.24) is 0 Å². The molecule has 0 heterocycles. The number of allylic oxidation sites excluding steroid dienone is 2. The molecule has 0 bridgehead atoms. The molecule has 2 aromatic carbocycles. The molecule has 0 saturated carbocycles. The number of carbonyl (C=O) groups is 1. The minimum absolute atomic E-state index is 0.265. The highest BCUT2D eigenvalue weighted by Crippen LogP contribution is 2.25. The van der Waals surface area contributed by atoms with Crippen LogP contribution in [0.4, 0.5) is 0 Å².